The maximum atomic E-state index is 5.63. The van der Waals surface area contributed by atoms with Gasteiger partial charge in [-0.05, 0) is 37.6 Å². The molecule has 16 heavy (non-hydrogen) atoms. The minimum absolute atomic E-state index is 0.639. The third kappa shape index (κ3) is 2.29. The van der Waals surface area contributed by atoms with Gasteiger partial charge in [0.05, 0.1) is 6.33 Å². The van der Waals surface area contributed by atoms with Crippen molar-refractivity contribution in [1.82, 2.24) is 9.55 Å². The lowest BCUT2D eigenvalue weighted by Gasteiger charge is -2.34. The fourth-order valence-electron chi connectivity index (χ4n) is 3.03. The van der Waals surface area contributed by atoms with Crippen molar-refractivity contribution < 1.29 is 0 Å². The van der Waals surface area contributed by atoms with Crippen LogP contribution in [-0.2, 0) is 6.42 Å². The molecule has 1 heterocycles. The van der Waals surface area contributed by atoms with Gasteiger partial charge in [0.1, 0.15) is 0 Å². The van der Waals surface area contributed by atoms with Gasteiger partial charge in [-0.2, -0.15) is 0 Å². The molecular weight excluding hydrogens is 198 g/mol. The predicted molar refractivity (Wildman–Crippen MR) is 66.2 cm³/mol. The number of hydrogen-bond donors (Lipinski definition) is 1. The lowest BCUT2D eigenvalue weighted by Crippen LogP contribution is -2.26. The highest BCUT2D eigenvalue weighted by atomic mass is 15.1. The summed E-state index contributed by atoms with van der Waals surface area (Å²) in [6.07, 6.45) is 8.87. The summed E-state index contributed by atoms with van der Waals surface area (Å²) in [6.45, 7) is 5.44. The monoisotopic (exact) mass is 221 g/mol. The SMILES string of the molecule is CC1CCC(n2cncc2CCN)C(C)C1. The Morgan fingerprint density at radius 1 is 1.44 bits per heavy atom. The van der Waals surface area contributed by atoms with Crippen LogP contribution in [0, 0.1) is 11.8 Å². The Kier molecular flexibility index (Phi) is 3.64. The molecule has 3 atom stereocenters. The Labute approximate surface area is 98.1 Å². The van der Waals surface area contributed by atoms with Crippen LogP contribution in [0.5, 0.6) is 0 Å². The average molecular weight is 221 g/mol. The van der Waals surface area contributed by atoms with Crippen LogP contribution >= 0.6 is 0 Å². The van der Waals surface area contributed by atoms with Crippen molar-refractivity contribution in [3.05, 3.63) is 18.2 Å². The van der Waals surface area contributed by atoms with Crippen molar-refractivity contribution in [2.45, 2.75) is 45.6 Å². The van der Waals surface area contributed by atoms with Crippen LogP contribution in [0.25, 0.3) is 0 Å². The molecule has 3 unspecified atom stereocenters. The van der Waals surface area contributed by atoms with Crippen LogP contribution in [0.4, 0.5) is 0 Å². The standard InChI is InChI=1S/C13H23N3/c1-10-3-4-13(11(2)7-10)16-9-15-8-12(16)5-6-14/h8-11,13H,3-7,14H2,1-2H3. The summed E-state index contributed by atoms with van der Waals surface area (Å²) in [5.74, 6) is 1.64. The Hall–Kier alpha value is -0.830. The van der Waals surface area contributed by atoms with E-state index in [1.165, 1.54) is 25.0 Å². The van der Waals surface area contributed by atoms with Crippen LogP contribution in [0.15, 0.2) is 12.5 Å². The molecule has 2 N–H and O–H groups in total. The van der Waals surface area contributed by atoms with Crippen LogP contribution < -0.4 is 5.73 Å². The fraction of sp³-hybridized carbons (Fsp3) is 0.769. The maximum Gasteiger partial charge on any atom is 0.0950 e. The fourth-order valence-corrected chi connectivity index (χ4v) is 3.03. The van der Waals surface area contributed by atoms with Crippen molar-refractivity contribution in [1.29, 1.82) is 0 Å². The summed E-state index contributed by atoms with van der Waals surface area (Å²) < 4.78 is 2.36. The molecular formula is C13H23N3. The van der Waals surface area contributed by atoms with Gasteiger partial charge in [0, 0.05) is 24.4 Å². The largest absolute Gasteiger partial charge is 0.331 e. The number of nitrogens with two attached hydrogens (primary N) is 1. The molecule has 90 valence electrons. The van der Waals surface area contributed by atoms with Gasteiger partial charge < -0.3 is 10.3 Å². The first-order valence-electron chi connectivity index (χ1n) is 6.43. The number of nitrogens with zero attached hydrogens (tertiary/aromatic N) is 2. The lowest BCUT2D eigenvalue weighted by atomic mass is 9.79. The molecule has 1 fully saturated rings. The molecule has 3 nitrogen and oxygen atoms in total. The molecule has 0 aliphatic heterocycles. The highest BCUT2D eigenvalue weighted by Crippen LogP contribution is 2.37. The summed E-state index contributed by atoms with van der Waals surface area (Å²) >= 11 is 0. The van der Waals surface area contributed by atoms with Gasteiger partial charge in [0.15, 0.2) is 0 Å². The molecule has 0 aromatic carbocycles. The summed E-state index contributed by atoms with van der Waals surface area (Å²) in [4.78, 5) is 4.28. The van der Waals surface area contributed by atoms with Crippen molar-refractivity contribution in [2.75, 3.05) is 6.54 Å². The second kappa shape index (κ2) is 5.00. The summed E-state index contributed by atoms with van der Waals surface area (Å²) in [5.41, 5.74) is 6.93. The molecule has 0 saturated heterocycles. The normalized spacial score (nSPS) is 30.6. The van der Waals surface area contributed by atoms with Gasteiger partial charge in [-0.1, -0.05) is 13.8 Å². The second-order valence-corrected chi connectivity index (χ2v) is 5.29. The molecule has 1 saturated carbocycles. The first kappa shape index (κ1) is 11.6. The second-order valence-electron chi connectivity index (χ2n) is 5.29. The molecule has 0 radical (unpaired) electrons. The molecule has 0 bridgehead atoms. The van der Waals surface area contributed by atoms with E-state index in [-0.39, 0.29) is 0 Å². The summed E-state index contributed by atoms with van der Waals surface area (Å²) in [6, 6.07) is 0.639. The zero-order valence-corrected chi connectivity index (χ0v) is 10.4. The van der Waals surface area contributed by atoms with Crippen molar-refractivity contribution in [2.24, 2.45) is 17.6 Å². The molecule has 1 aliphatic rings. The van der Waals surface area contributed by atoms with Gasteiger partial charge in [-0.3, -0.25) is 0 Å². The van der Waals surface area contributed by atoms with Crippen molar-refractivity contribution in [3.8, 4) is 0 Å². The molecule has 3 heteroatoms. The number of imidazole rings is 1. The topological polar surface area (TPSA) is 43.8 Å². The Morgan fingerprint density at radius 3 is 2.94 bits per heavy atom. The van der Waals surface area contributed by atoms with Gasteiger partial charge in [-0.25, -0.2) is 4.98 Å². The third-order valence-corrected chi connectivity index (χ3v) is 3.89. The van der Waals surface area contributed by atoms with Gasteiger partial charge in [-0.15, -0.1) is 0 Å². The Bertz CT molecular complexity index is 332. The first-order chi connectivity index (χ1) is 7.72. The van der Waals surface area contributed by atoms with Crippen LogP contribution in [0.2, 0.25) is 0 Å². The van der Waals surface area contributed by atoms with E-state index in [9.17, 15) is 0 Å². The van der Waals surface area contributed by atoms with E-state index in [1.807, 2.05) is 12.5 Å². The Balaban J connectivity index is 2.13. The van der Waals surface area contributed by atoms with E-state index in [0.717, 1.165) is 18.3 Å². The molecule has 2 rings (SSSR count). The Morgan fingerprint density at radius 2 is 2.25 bits per heavy atom. The van der Waals surface area contributed by atoms with Gasteiger partial charge >= 0.3 is 0 Å². The summed E-state index contributed by atoms with van der Waals surface area (Å²) in [7, 11) is 0. The van der Waals surface area contributed by atoms with E-state index in [2.05, 4.69) is 23.4 Å². The first-order valence-corrected chi connectivity index (χ1v) is 6.43. The van der Waals surface area contributed by atoms with E-state index in [0.29, 0.717) is 12.6 Å². The summed E-state index contributed by atoms with van der Waals surface area (Å²) in [5, 5.41) is 0. The molecule has 1 aliphatic carbocycles. The van der Waals surface area contributed by atoms with Gasteiger partial charge in [0.25, 0.3) is 0 Å². The number of aromatic nitrogens is 2. The molecule has 1 aromatic rings. The molecule has 0 amide bonds. The van der Waals surface area contributed by atoms with E-state index in [4.69, 9.17) is 5.73 Å². The minimum Gasteiger partial charge on any atom is -0.331 e. The van der Waals surface area contributed by atoms with Crippen molar-refractivity contribution in [3.63, 3.8) is 0 Å². The highest BCUT2D eigenvalue weighted by Gasteiger charge is 2.27. The predicted octanol–water partition coefficient (Wildman–Crippen LogP) is 2.38. The van der Waals surface area contributed by atoms with E-state index in [1.54, 1.807) is 0 Å². The zero-order valence-electron chi connectivity index (χ0n) is 10.4. The van der Waals surface area contributed by atoms with E-state index < -0.39 is 0 Å². The van der Waals surface area contributed by atoms with Crippen LogP contribution in [0.3, 0.4) is 0 Å². The quantitative estimate of drug-likeness (QED) is 0.851. The van der Waals surface area contributed by atoms with Crippen LogP contribution in [-0.4, -0.2) is 16.1 Å². The minimum atomic E-state index is 0.639. The molecule has 1 aromatic heterocycles. The molecule has 0 spiro atoms. The highest BCUT2D eigenvalue weighted by molar-refractivity contribution is 5.02. The number of hydrogen-bond acceptors (Lipinski definition) is 2. The number of rotatable bonds is 3. The van der Waals surface area contributed by atoms with Crippen LogP contribution in [0.1, 0.15) is 44.8 Å². The third-order valence-electron chi connectivity index (χ3n) is 3.89. The lowest BCUT2D eigenvalue weighted by molar-refractivity contribution is 0.204. The smallest absolute Gasteiger partial charge is 0.0950 e. The average Bonchev–Trinajstić information content (AvgIpc) is 2.67. The van der Waals surface area contributed by atoms with E-state index >= 15 is 0 Å². The zero-order chi connectivity index (χ0) is 11.5. The van der Waals surface area contributed by atoms with Gasteiger partial charge in [0.2, 0.25) is 0 Å². The maximum absolute atomic E-state index is 5.63. The van der Waals surface area contributed by atoms with Crippen molar-refractivity contribution >= 4 is 0 Å².